The number of carbonyl (C=O) groups excluding carboxylic acids is 1. The van der Waals surface area contributed by atoms with Crippen molar-refractivity contribution in [1.82, 2.24) is 19.7 Å². The van der Waals surface area contributed by atoms with Crippen molar-refractivity contribution in [1.29, 1.82) is 0 Å². The predicted octanol–water partition coefficient (Wildman–Crippen LogP) is 2.11. The third kappa shape index (κ3) is 4.41. The van der Waals surface area contributed by atoms with E-state index in [1.54, 1.807) is 6.20 Å². The third-order valence-electron chi connectivity index (χ3n) is 3.35. The highest BCUT2D eigenvalue weighted by Gasteiger charge is 2.16. The number of nitrogens with one attached hydrogen (secondary N) is 1. The van der Waals surface area contributed by atoms with E-state index < -0.39 is 5.91 Å². The van der Waals surface area contributed by atoms with Gasteiger partial charge in [0.2, 0.25) is 0 Å². The van der Waals surface area contributed by atoms with E-state index in [0.717, 1.165) is 11.1 Å². The summed E-state index contributed by atoms with van der Waals surface area (Å²) < 4.78 is 1.90. The fraction of sp³-hybridized carbons (Fsp3) is 0.412. The van der Waals surface area contributed by atoms with E-state index in [0.29, 0.717) is 24.6 Å². The maximum atomic E-state index is 11.5. The largest absolute Gasteiger partial charge is 0.366 e. The van der Waals surface area contributed by atoms with Crippen LogP contribution in [0.5, 0.6) is 0 Å². The van der Waals surface area contributed by atoms with Gasteiger partial charge in [0, 0.05) is 25.4 Å². The molecule has 7 nitrogen and oxygen atoms in total. The topological polar surface area (TPSA) is 98.7 Å². The van der Waals surface area contributed by atoms with Gasteiger partial charge in [0.15, 0.2) is 0 Å². The molecule has 0 aliphatic carbocycles. The molecule has 2 aromatic heterocycles. The van der Waals surface area contributed by atoms with Crippen LogP contribution in [0.3, 0.4) is 0 Å². The molecule has 0 unspecified atom stereocenters. The van der Waals surface area contributed by atoms with Crippen LogP contribution in [0, 0.1) is 0 Å². The number of nitrogens with two attached hydrogens (primary N) is 1. The number of hydrogen-bond donors (Lipinski definition) is 2. The molecule has 1 amide bonds. The molecule has 0 radical (unpaired) electrons. The Hall–Kier alpha value is -2.70. The zero-order valence-corrected chi connectivity index (χ0v) is 14.6. The molecule has 2 aromatic rings. The molecule has 0 saturated heterocycles. The third-order valence-corrected chi connectivity index (χ3v) is 3.35. The van der Waals surface area contributed by atoms with Gasteiger partial charge in [-0.25, -0.2) is 9.97 Å². The number of anilines is 1. The standard InChI is InChI=1S/C17H24N6O/c1-11(2)7-20-16-13(15(18)24)9-19-14(22-16)6-12-8-21-23(10-12)17(3,4)5/h8-10H,1,6-7H2,2-5H3,(H2,18,24)(H,19,20,22). The highest BCUT2D eigenvalue weighted by molar-refractivity contribution is 5.97. The summed E-state index contributed by atoms with van der Waals surface area (Å²) in [5.74, 6) is 0.461. The van der Waals surface area contributed by atoms with Crippen LogP contribution in [0.2, 0.25) is 0 Å². The van der Waals surface area contributed by atoms with Gasteiger partial charge in [-0.05, 0) is 33.3 Å². The first kappa shape index (κ1) is 17.7. The van der Waals surface area contributed by atoms with Crippen LogP contribution in [0.4, 0.5) is 5.82 Å². The lowest BCUT2D eigenvalue weighted by Gasteiger charge is -2.18. The lowest BCUT2D eigenvalue weighted by molar-refractivity contribution is 0.100. The fourth-order valence-electron chi connectivity index (χ4n) is 2.05. The Bertz CT molecular complexity index is 757. The molecule has 0 fully saturated rings. The van der Waals surface area contributed by atoms with Crippen LogP contribution in [0.1, 0.15) is 49.4 Å². The highest BCUT2D eigenvalue weighted by Crippen LogP contribution is 2.16. The van der Waals surface area contributed by atoms with Crippen LogP contribution >= 0.6 is 0 Å². The average Bonchev–Trinajstić information content (AvgIpc) is 2.93. The van der Waals surface area contributed by atoms with E-state index in [1.165, 1.54) is 6.20 Å². The van der Waals surface area contributed by atoms with Gasteiger partial charge in [0.25, 0.3) is 5.91 Å². The second-order valence-electron chi connectivity index (χ2n) is 6.86. The number of rotatable bonds is 6. The minimum absolute atomic E-state index is 0.0802. The number of hydrogen-bond acceptors (Lipinski definition) is 5. The Morgan fingerprint density at radius 1 is 1.38 bits per heavy atom. The smallest absolute Gasteiger partial charge is 0.254 e. The van der Waals surface area contributed by atoms with Gasteiger partial charge in [-0.1, -0.05) is 12.2 Å². The van der Waals surface area contributed by atoms with Crippen molar-refractivity contribution >= 4 is 11.7 Å². The summed E-state index contributed by atoms with van der Waals surface area (Å²) in [5.41, 5.74) is 7.50. The molecule has 24 heavy (non-hydrogen) atoms. The molecule has 2 rings (SSSR count). The van der Waals surface area contributed by atoms with Crippen molar-refractivity contribution in [3.8, 4) is 0 Å². The van der Waals surface area contributed by atoms with Gasteiger partial charge in [0.05, 0.1) is 17.3 Å². The zero-order valence-electron chi connectivity index (χ0n) is 14.6. The van der Waals surface area contributed by atoms with Crippen molar-refractivity contribution in [2.24, 2.45) is 5.73 Å². The van der Waals surface area contributed by atoms with Gasteiger partial charge in [0.1, 0.15) is 11.6 Å². The van der Waals surface area contributed by atoms with Crippen molar-refractivity contribution < 1.29 is 4.79 Å². The molecule has 0 saturated carbocycles. The summed E-state index contributed by atoms with van der Waals surface area (Å²) in [7, 11) is 0. The summed E-state index contributed by atoms with van der Waals surface area (Å²) in [6.07, 6.45) is 5.76. The first-order chi connectivity index (χ1) is 11.2. The summed E-state index contributed by atoms with van der Waals surface area (Å²) in [5, 5.41) is 7.45. The van der Waals surface area contributed by atoms with Gasteiger partial charge in [-0.2, -0.15) is 5.10 Å². The minimum atomic E-state index is -0.564. The number of aromatic nitrogens is 4. The lowest BCUT2D eigenvalue weighted by atomic mass is 10.1. The summed E-state index contributed by atoms with van der Waals surface area (Å²) in [6, 6.07) is 0. The Balaban J connectivity index is 2.24. The SMILES string of the molecule is C=C(C)CNc1nc(Cc2cnn(C(C)(C)C)c2)ncc1C(N)=O. The molecular formula is C17H24N6O. The first-order valence-corrected chi connectivity index (χ1v) is 7.75. The number of primary amides is 1. The Labute approximate surface area is 142 Å². The molecule has 0 aliphatic heterocycles. The fourth-order valence-corrected chi connectivity index (χ4v) is 2.05. The van der Waals surface area contributed by atoms with Crippen molar-refractivity contribution in [2.75, 3.05) is 11.9 Å². The molecule has 0 atom stereocenters. The summed E-state index contributed by atoms with van der Waals surface area (Å²) in [6.45, 7) is 12.5. The quantitative estimate of drug-likeness (QED) is 0.791. The monoisotopic (exact) mass is 328 g/mol. The van der Waals surface area contributed by atoms with Gasteiger partial charge < -0.3 is 11.1 Å². The van der Waals surface area contributed by atoms with Crippen molar-refractivity contribution in [3.05, 3.63) is 47.7 Å². The normalized spacial score (nSPS) is 11.3. The summed E-state index contributed by atoms with van der Waals surface area (Å²) >= 11 is 0. The molecule has 0 spiro atoms. The van der Waals surface area contributed by atoms with Gasteiger partial charge in [-0.15, -0.1) is 0 Å². The van der Waals surface area contributed by atoms with Crippen molar-refractivity contribution in [3.63, 3.8) is 0 Å². The van der Waals surface area contributed by atoms with Crippen LogP contribution in [0.15, 0.2) is 30.7 Å². The van der Waals surface area contributed by atoms with E-state index in [4.69, 9.17) is 5.73 Å². The molecule has 3 N–H and O–H groups in total. The molecule has 0 aromatic carbocycles. The van der Waals surface area contributed by atoms with E-state index >= 15 is 0 Å². The van der Waals surface area contributed by atoms with Crippen LogP contribution in [-0.4, -0.2) is 32.2 Å². The lowest BCUT2D eigenvalue weighted by Crippen LogP contribution is -2.22. The molecule has 0 aliphatic rings. The number of amides is 1. The van der Waals surface area contributed by atoms with Crippen molar-refractivity contribution in [2.45, 2.75) is 39.7 Å². The van der Waals surface area contributed by atoms with E-state index in [1.807, 2.05) is 17.8 Å². The molecular weight excluding hydrogens is 304 g/mol. The maximum Gasteiger partial charge on any atom is 0.254 e. The van der Waals surface area contributed by atoms with Gasteiger partial charge >= 0.3 is 0 Å². The average molecular weight is 328 g/mol. The van der Waals surface area contributed by atoms with E-state index in [9.17, 15) is 4.79 Å². The highest BCUT2D eigenvalue weighted by atomic mass is 16.1. The Morgan fingerprint density at radius 3 is 2.62 bits per heavy atom. The minimum Gasteiger partial charge on any atom is -0.366 e. The maximum absolute atomic E-state index is 11.5. The molecule has 0 bridgehead atoms. The second kappa shape index (κ2) is 6.82. The Kier molecular flexibility index (Phi) is 5.02. The van der Waals surface area contributed by atoms with Gasteiger partial charge in [-0.3, -0.25) is 9.48 Å². The van der Waals surface area contributed by atoms with Crippen LogP contribution in [0.25, 0.3) is 0 Å². The van der Waals surface area contributed by atoms with Crippen LogP contribution < -0.4 is 11.1 Å². The van der Waals surface area contributed by atoms with E-state index in [2.05, 4.69) is 47.7 Å². The molecule has 128 valence electrons. The Morgan fingerprint density at radius 2 is 2.08 bits per heavy atom. The second-order valence-corrected chi connectivity index (χ2v) is 6.86. The predicted molar refractivity (Wildman–Crippen MR) is 93.9 cm³/mol. The number of carbonyl (C=O) groups is 1. The number of nitrogens with zero attached hydrogens (tertiary/aromatic N) is 4. The van der Waals surface area contributed by atoms with E-state index in [-0.39, 0.29) is 11.1 Å². The molecule has 2 heterocycles. The first-order valence-electron chi connectivity index (χ1n) is 7.75. The summed E-state index contributed by atoms with van der Waals surface area (Å²) in [4.78, 5) is 20.2. The zero-order chi connectivity index (χ0) is 17.9. The van der Waals surface area contributed by atoms with Crippen LogP contribution in [-0.2, 0) is 12.0 Å². The molecule has 7 heteroatoms.